The molecule has 0 aliphatic heterocycles. The van der Waals surface area contributed by atoms with Crippen molar-refractivity contribution in [3.05, 3.63) is 66.0 Å². The van der Waals surface area contributed by atoms with E-state index in [1.54, 1.807) is 4.68 Å². The van der Waals surface area contributed by atoms with Crippen molar-refractivity contribution in [1.82, 2.24) is 20.2 Å². The third-order valence-electron chi connectivity index (χ3n) is 3.23. The molecule has 0 saturated heterocycles. The molecule has 0 spiro atoms. The summed E-state index contributed by atoms with van der Waals surface area (Å²) in [6, 6.07) is 17.8. The Labute approximate surface area is 123 Å². The number of aryl methyl sites for hydroxylation is 1. The molecule has 0 unspecified atom stereocenters. The van der Waals surface area contributed by atoms with Gasteiger partial charge in [-0.25, -0.2) is 0 Å². The molecule has 5 heteroatoms. The molecule has 0 fully saturated rings. The van der Waals surface area contributed by atoms with E-state index in [0.29, 0.717) is 12.4 Å². The van der Waals surface area contributed by atoms with Crippen LogP contribution < -0.4 is 4.74 Å². The van der Waals surface area contributed by atoms with Crippen molar-refractivity contribution in [3.8, 4) is 11.4 Å². The van der Waals surface area contributed by atoms with Gasteiger partial charge in [-0.1, -0.05) is 37.3 Å². The Hall–Kier alpha value is -2.69. The van der Waals surface area contributed by atoms with Crippen LogP contribution in [-0.4, -0.2) is 20.2 Å². The Bertz CT molecular complexity index is 692. The Morgan fingerprint density at radius 2 is 1.76 bits per heavy atom. The maximum absolute atomic E-state index is 5.75. The third kappa shape index (κ3) is 3.08. The highest BCUT2D eigenvalue weighted by atomic mass is 16.5. The topological polar surface area (TPSA) is 52.8 Å². The molecule has 0 atom stereocenters. The number of tetrazole rings is 1. The summed E-state index contributed by atoms with van der Waals surface area (Å²) < 4.78 is 7.43. The number of hydrogen-bond acceptors (Lipinski definition) is 4. The lowest BCUT2D eigenvalue weighted by Crippen LogP contribution is -2.06. The second-order valence-electron chi connectivity index (χ2n) is 4.63. The van der Waals surface area contributed by atoms with Crippen molar-refractivity contribution in [3.63, 3.8) is 0 Å². The summed E-state index contributed by atoms with van der Waals surface area (Å²) in [6.07, 6.45) is 1.02. The number of hydrogen-bond donors (Lipinski definition) is 0. The first-order valence-corrected chi connectivity index (χ1v) is 6.91. The monoisotopic (exact) mass is 280 g/mol. The molecule has 21 heavy (non-hydrogen) atoms. The maximum Gasteiger partial charge on any atom is 0.194 e. The number of benzene rings is 2. The average Bonchev–Trinajstić information content (AvgIpc) is 3.03. The number of ether oxygens (including phenoxy) is 1. The van der Waals surface area contributed by atoms with Crippen LogP contribution in [0.1, 0.15) is 18.3 Å². The highest BCUT2D eigenvalue weighted by molar-refractivity contribution is 5.31. The van der Waals surface area contributed by atoms with Crippen LogP contribution in [0.3, 0.4) is 0 Å². The molecule has 0 amide bonds. The zero-order valence-electron chi connectivity index (χ0n) is 11.8. The van der Waals surface area contributed by atoms with Gasteiger partial charge in [-0.15, -0.1) is 5.10 Å². The predicted octanol–water partition coefficient (Wildman–Crippen LogP) is 2.80. The fourth-order valence-corrected chi connectivity index (χ4v) is 2.03. The van der Waals surface area contributed by atoms with Gasteiger partial charge in [0.25, 0.3) is 0 Å². The van der Waals surface area contributed by atoms with Gasteiger partial charge < -0.3 is 4.74 Å². The standard InChI is InChI=1S/C16H16N4O/c1-2-13-8-10-15(11-9-13)21-12-16-17-18-19-20(16)14-6-4-3-5-7-14/h3-11H,2,12H2,1H3. The smallest absolute Gasteiger partial charge is 0.194 e. The van der Waals surface area contributed by atoms with Gasteiger partial charge in [0.2, 0.25) is 0 Å². The Morgan fingerprint density at radius 3 is 2.48 bits per heavy atom. The van der Waals surface area contributed by atoms with E-state index >= 15 is 0 Å². The Kier molecular flexibility index (Phi) is 3.91. The molecule has 0 aliphatic rings. The highest BCUT2D eigenvalue weighted by Gasteiger charge is 2.08. The van der Waals surface area contributed by atoms with E-state index < -0.39 is 0 Å². The lowest BCUT2D eigenvalue weighted by atomic mass is 10.2. The molecule has 1 heterocycles. The second-order valence-corrected chi connectivity index (χ2v) is 4.63. The SMILES string of the molecule is CCc1ccc(OCc2nnnn2-c2ccccc2)cc1. The first-order valence-electron chi connectivity index (χ1n) is 6.91. The summed E-state index contributed by atoms with van der Waals surface area (Å²) in [5.74, 6) is 1.48. The molecule has 0 saturated carbocycles. The molecule has 0 bridgehead atoms. The van der Waals surface area contributed by atoms with E-state index in [1.807, 2.05) is 42.5 Å². The Balaban J connectivity index is 1.72. The van der Waals surface area contributed by atoms with Crippen LogP contribution >= 0.6 is 0 Å². The lowest BCUT2D eigenvalue weighted by molar-refractivity contribution is 0.292. The number of para-hydroxylation sites is 1. The van der Waals surface area contributed by atoms with Crippen LogP contribution in [0.2, 0.25) is 0 Å². The van der Waals surface area contributed by atoms with Gasteiger partial charge in [0.15, 0.2) is 5.82 Å². The van der Waals surface area contributed by atoms with E-state index in [1.165, 1.54) is 5.56 Å². The second kappa shape index (κ2) is 6.17. The van der Waals surface area contributed by atoms with Crippen LogP contribution in [-0.2, 0) is 13.0 Å². The zero-order chi connectivity index (χ0) is 14.5. The van der Waals surface area contributed by atoms with E-state index in [0.717, 1.165) is 17.9 Å². The molecule has 5 nitrogen and oxygen atoms in total. The molecule has 0 aliphatic carbocycles. The summed E-state index contributed by atoms with van der Waals surface area (Å²) in [6.45, 7) is 2.46. The van der Waals surface area contributed by atoms with Gasteiger partial charge in [-0.3, -0.25) is 0 Å². The number of aromatic nitrogens is 4. The van der Waals surface area contributed by atoms with Crippen molar-refractivity contribution in [2.45, 2.75) is 20.0 Å². The molecule has 3 rings (SSSR count). The third-order valence-corrected chi connectivity index (χ3v) is 3.23. The molecule has 2 aromatic carbocycles. The quantitative estimate of drug-likeness (QED) is 0.721. The van der Waals surface area contributed by atoms with E-state index in [9.17, 15) is 0 Å². The fraction of sp³-hybridized carbons (Fsp3) is 0.188. The molecule has 1 aromatic heterocycles. The first kappa shape index (κ1) is 13.3. The molecule has 106 valence electrons. The molecular formula is C16H16N4O. The van der Waals surface area contributed by atoms with Gasteiger partial charge in [0.05, 0.1) is 5.69 Å². The van der Waals surface area contributed by atoms with Gasteiger partial charge >= 0.3 is 0 Å². The summed E-state index contributed by atoms with van der Waals surface area (Å²) >= 11 is 0. The molecule has 0 radical (unpaired) electrons. The van der Waals surface area contributed by atoms with Crippen molar-refractivity contribution >= 4 is 0 Å². The van der Waals surface area contributed by atoms with Crippen LogP contribution in [0.15, 0.2) is 54.6 Å². The van der Waals surface area contributed by atoms with Gasteiger partial charge in [-0.2, -0.15) is 4.68 Å². The zero-order valence-corrected chi connectivity index (χ0v) is 11.8. The van der Waals surface area contributed by atoms with Crippen LogP contribution in [0.5, 0.6) is 5.75 Å². The van der Waals surface area contributed by atoms with Crippen LogP contribution in [0.25, 0.3) is 5.69 Å². The van der Waals surface area contributed by atoms with Gasteiger partial charge in [-0.05, 0) is 46.7 Å². The van der Waals surface area contributed by atoms with E-state index in [-0.39, 0.29) is 0 Å². The van der Waals surface area contributed by atoms with Crippen LogP contribution in [0, 0.1) is 0 Å². The highest BCUT2D eigenvalue weighted by Crippen LogP contribution is 2.15. The summed E-state index contributed by atoms with van der Waals surface area (Å²) in [4.78, 5) is 0. The van der Waals surface area contributed by atoms with Gasteiger partial charge in [0.1, 0.15) is 12.4 Å². The number of rotatable bonds is 5. The first-order chi connectivity index (χ1) is 10.4. The minimum atomic E-state index is 0.327. The Morgan fingerprint density at radius 1 is 1.00 bits per heavy atom. The van der Waals surface area contributed by atoms with E-state index in [2.05, 4.69) is 34.6 Å². The molecule has 0 N–H and O–H groups in total. The molecular weight excluding hydrogens is 264 g/mol. The van der Waals surface area contributed by atoms with E-state index in [4.69, 9.17) is 4.74 Å². The summed E-state index contributed by atoms with van der Waals surface area (Å²) in [5, 5.41) is 11.7. The van der Waals surface area contributed by atoms with Crippen molar-refractivity contribution < 1.29 is 4.74 Å². The number of nitrogens with zero attached hydrogens (tertiary/aromatic N) is 4. The predicted molar refractivity (Wildman–Crippen MR) is 79.3 cm³/mol. The minimum Gasteiger partial charge on any atom is -0.486 e. The molecule has 3 aromatic rings. The van der Waals surface area contributed by atoms with Gasteiger partial charge in [0, 0.05) is 0 Å². The summed E-state index contributed by atoms with van der Waals surface area (Å²) in [5.41, 5.74) is 2.21. The van der Waals surface area contributed by atoms with Crippen molar-refractivity contribution in [2.24, 2.45) is 0 Å². The summed E-state index contributed by atoms with van der Waals surface area (Å²) in [7, 11) is 0. The fourth-order valence-electron chi connectivity index (χ4n) is 2.03. The van der Waals surface area contributed by atoms with Crippen LogP contribution in [0.4, 0.5) is 0 Å². The average molecular weight is 280 g/mol. The van der Waals surface area contributed by atoms with Crippen molar-refractivity contribution in [2.75, 3.05) is 0 Å². The maximum atomic E-state index is 5.75. The lowest BCUT2D eigenvalue weighted by Gasteiger charge is -2.07. The minimum absolute atomic E-state index is 0.327. The normalized spacial score (nSPS) is 10.5. The van der Waals surface area contributed by atoms with Crippen molar-refractivity contribution in [1.29, 1.82) is 0 Å². The largest absolute Gasteiger partial charge is 0.486 e.